The second-order valence-electron chi connectivity index (χ2n) is 4.95. The first-order valence-corrected chi connectivity index (χ1v) is 6.68. The number of aryl methyl sites for hydroxylation is 1. The molecule has 22 heavy (non-hydrogen) atoms. The van der Waals surface area contributed by atoms with E-state index in [0.717, 1.165) is 17.2 Å². The van der Waals surface area contributed by atoms with Crippen LogP contribution in [0.15, 0.2) is 47.3 Å². The summed E-state index contributed by atoms with van der Waals surface area (Å²) in [7, 11) is 0. The van der Waals surface area contributed by atoms with E-state index < -0.39 is 11.4 Å². The fourth-order valence-corrected chi connectivity index (χ4v) is 2.46. The number of halogens is 1. The summed E-state index contributed by atoms with van der Waals surface area (Å²) in [5, 5.41) is 14.1. The monoisotopic (exact) mass is 293 g/mol. The molecule has 0 unspecified atom stereocenters. The van der Waals surface area contributed by atoms with E-state index in [1.54, 1.807) is 0 Å². The van der Waals surface area contributed by atoms with Gasteiger partial charge in [-0.15, -0.1) is 0 Å². The molecule has 1 heterocycles. The molecule has 0 saturated carbocycles. The second kappa shape index (κ2) is 5.34. The normalized spacial score (nSPS) is 10.4. The van der Waals surface area contributed by atoms with Gasteiger partial charge in [0.2, 0.25) is 0 Å². The van der Waals surface area contributed by atoms with Crippen molar-refractivity contribution in [3.05, 3.63) is 69.8 Å². The van der Waals surface area contributed by atoms with E-state index in [4.69, 9.17) is 5.26 Å². The number of nitrogens with zero attached hydrogens (tertiary/aromatic N) is 1. The number of hydrogen-bond acceptors (Lipinski definition) is 2. The number of nitriles is 1. The highest BCUT2D eigenvalue weighted by atomic mass is 19.1. The van der Waals surface area contributed by atoms with Gasteiger partial charge in [0.25, 0.3) is 5.56 Å². The average molecular weight is 293 g/mol. The highest BCUT2D eigenvalue weighted by molar-refractivity contribution is 5.82. The molecular formula is C17H12FN3O. The minimum atomic E-state index is -0.598. The summed E-state index contributed by atoms with van der Waals surface area (Å²) in [6.45, 7) is 1.92. The van der Waals surface area contributed by atoms with Crippen LogP contribution in [0.2, 0.25) is 0 Å². The molecule has 0 atom stereocenters. The molecule has 0 spiro atoms. The number of aromatic amines is 2. The lowest BCUT2D eigenvalue weighted by molar-refractivity contribution is 0.631. The minimum absolute atomic E-state index is 0.166. The summed E-state index contributed by atoms with van der Waals surface area (Å²) in [6, 6.07) is 13.5. The van der Waals surface area contributed by atoms with Crippen LogP contribution in [0, 0.1) is 24.1 Å². The molecule has 2 N–H and O–H groups in total. The predicted octanol–water partition coefficient (Wildman–Crippen LogP) is 3.36. The number of aromatic nitrogens is 2. The Morgan fingerprint density at radius 1 is 1.09 bits per heavy atom. The first kappa shape index (κ1) is 13.8. The van der Waals surface area contributed by atoms with Crippen LogP contribution in [-0.2, 0) is 0 Å². The Bertz CT molecular complexity index is 947. The highest BCUT2D eigenvalue weighted by Crippen LogP contribution is 2.31. The van der Waals surface area contributed by atoms with Gasteiger partial charge < -0.3 is 0 Å². The third-order valence-corrected chi connectivity index (χ3v) is 3.56. The molecule has 0 aliphatic carbocycles. The van der Waals surface area contributed by atoms with Crippen LogP contribution in [-0.4, -0.2) is 10.2 Å². The van der Waals surface area contributed by atoms with E-state index in [1.807, 2.05) is 37.3 Å². The summed E-state index contributed by atoms with van der Waals surface area (Å²) in [4.78, 5) is 12.1. The lowest BCUT2D eigenvalue weighted by Gasteiger charge is -2.07. The van der Waals surface area contributed by atoms with E-state index in [2.05, 4.69) is 10.2 Å². The van der Waals surface area contributed by atoms with Gasteiger partial charge in [0.05, 0.1) is 22.9 Å². The van der Waals surface area contributed by atoms with Crippen LogP contribution in [0.4, 0.5) is 4.39 Å². The molecule has 5 heteroatoms. The quantitative estimate of drug-likeness (QED) is 0.760. The van der Waals surface area contributed by atoms with Crippen molar-refractivity contribution in [3.8, 4) is 28.5 Å². The van der Waals surface area contributed by atoms with Crippen molar-refractivity contribution in [1.29, 1.82) is 5.26 Å². The van der Waals surface area contributed by atoms with Crippen molar-refractivity contribution in [3.63, 3.8) is 0 Å². The summed E-state index contributed by atoms with van der Waals surface area (Å²) in [5.74, 6) is -0.598. The number of nitrogens with one attached hydrogen (secondary N) is 2. The van der Waals surface area contributed by atoms with E-state index in [0.29, 0.717) is 5.69 Å². The van der Waals surface area contributed by atoms with Gasteiger partial charge in [0.1, 0.15) is 5.82 Å². The molecule has 0 aliphatic rings. The first-order valence-electron chi connectivity index (χ1n) is 6.68. The summed E-state index contributed by atoms with van der Waals surface area (Å²) in [6.07, 6.45) is 0. The molecule has 2 aromatic carbocycles. The standard InChI is InChI=1S/C17H12FN3O/c1-10-4-2-3-5-12(10)16-15(17(22)21-20-16)13-7-6-11(9-19)8-14(13)18/h2-8H,1H3,(H2,20,21,22). The van der Waals surface area contributed by atoms with Crippen LogP contribution in [0.25, 0.3) is 22.4 Å². The molecule has 0 aliphatic heterocycles. The number of hydrogen-bond donors (Lipinski definition) is 2. The zero-order valence-corrected chi connectivity index (χ0v) is 11.8. The lowest BCUT2D eigenvalue weighted by Crippen LogP contribution is -2.03. The van der Waals surface area contributed by atoms with Gasteiger partial charge in [-0.05, 0) is 30.7 Å². The molecule has 0 amide bonds. The van der Waals surface area contributed by atoms with Crippen molar-refractivity contribution in [2.45, 2.75) is 6.92 Å². The Hall–Kier alpha value is -3.13. The molecule has 0 saturated heterocycles. The van der Waals surface area contributed by atoms with E-state index >= 15 is 0 Å². The number of H-pyrrole nitrogens is 2. The number of rotatable bonds is 2. The highest BCUT2D eigenvalue weighted by Gasteiger charge is 2.18. The lowest BCUT2D eigenvalue weighted by atomic mass is 9.97. The van der Waals surface area contributed by atoms with Crippen LogP contribution >= 0.6 is 0 Å². The Kier molecular flexibility index (Phi) is 3.36. The van der Waals surface area contributed by atoms with E-state index in [1.165, 1.54) is 12.1 Å². The van der Waals surface area contributed by atoms with Gasteiger partial charge in [0.15, 0.2) is 0 Å². The van der Waals surface area contributed by atoms with Crippen LogP contribution in [0.3, 0.4) is 0 Å². The molecule has 1 aromatic heterocycles. The smallest absolute Gasteiger partial charge is 0.272 e. The van der Waals surface area contributed by atoms with Gasteiger partial charge in [-0.2, -0.15) is 5.26 Å². The molecule has 3 rings (SSSR count). The zero-order chi connectivity index (χ0) is 15.7. The van der Waals surface area contributed by atoms with Crippen molar-refractivity contribution >= 4 is 0 Å². The zero-order valence-electron chi connectivity index (χ0n) is 11.8. The predicted molar refractivity (Wildman–Crippen MR) is 81.7 cm³/mol. The molecule has 3 aromatic rings. The topological polar surface area (TPSA) is 72.4 Å². The maximum atomic E-state index is 14.3. The fraction of sp³-hybridized carbons (Fsp3) is 0.0588. The summed E-state index contributed by atoms with van der Waals surface area (Å²) >= 11 is 0. The Labute approximate surface area is 125 Å². The Balaban J connectivity index is 2.26. The average Bonchev–Trinajstić information content (AvgIpc) is 2.89. The van der Waals surface area contributed by atoms with Crippen molar-refractivity contribution < 1.29 is 4.39 Å². The largest absolute Gasteiger partial charge is 0.297 e. The number of benzene rings is 2. The maximum absolute atomic E-state index is 14.3. The molecule has 4 nitrogen and oxygen atoms in total. The van der Waals surface area contributed by atoms with E-state index in [9.17, 15) is 9.18 Å². The Morgan fingerprint density at radius 3 is 2.55 bits per heavy atom. The first-order chi connectivity index (χ1) is 10.6. The maximum Gasteiger partial charge on any atom is 0.272 e. The van der Waals surface area contributed by atoms with Crippen LogP contribution < -0.4 is 5.56 Å². The summed E-state index contributed by atoms with van der Waals surface area (Å²) < 4.78 is 14.3. The van der Waals surface area contributed by atoms with Crippen molar-refractivity contribution in [2.24, 2.45) is 0 Å². The van der Waals surface area contributed by atoms with Crippen LogP contribution in [0.5, 0.6) is 0 Å². The molecule has 0 bridgehead atoms. The third kappa shape index (κ3) is 2.21. The minimum Gasteiger partial charge on any atom is -0.297 e. The molecule has 0 radical (unpaired) electrons. The Morgan fingerprint density at radius 2 is 1.86 bits per heavy atom. The van der Waals surface area contributed by atoms with Gasteiger partial charge in [0, 0.05) is 11.1 Å². The van der Waals surface area contributed by atoms with Crippen molar-refractivity contribution in [2.75, 3.05) is 0 Å². The SMILES string of the molecule is Cc1ccccc1-c1[nH][nH]c(=O)c1-c1ccc(C#N)cc1F. The van der Waals surface area contributed by atoms with Gasteiger partial charge in [-0.3, -0.25) is 15.0 Å². The van der Waals surface area contributed by atoms with Crippen LogP contribution in [0.1, 0.15) is 11.1 Å². The van der Waals surface area contributed by atoms with Gasteiger partial charge >= 0.3 is 0 Å². The van der Waals surface area contributed by atoms with Gasteiger partial charge in [-0.25, -0.2) is 4.39 Å². The van der Waals surface area contributed by atoms with Gasteiger partial charge in [-0.1, -0.05) is 24.3 Å². The second-order valence-corrected chi connectivity index (χ2v) is 4.95. The van der Waals surface area contributed by atoms with Crippen molar-refractivity contribution in [1.82, 2.24) is 10.2 Å². The van der Waals surface area contributed by atoms with E-state index in [-0.39, 0.29) is 16.7 Å². The summed E-state index contributed by atoms with van der Waals surface area (Å²) in [5.41, 5.74) is 2.53. The molecule has 108 valence electrons. The molecular weight excluding hydrogens is 281 g/mol. The fourth-order valence-electron chi connectivity index (χ4n) is 2.46. The third-order valence-electron chi connectivity index (χ3n) is 3.56. The molecule has 0 fully saturated rings.